The molecular weight excluding hydrogens is 408 g/mol. The molecule has 4 rings (SSSR count). The predicted octanol–water partition coefficient (Wildman–Crippen LogP) is 5.08. The maximum absolute atomic E-state index is 13.6. The second-order valence-corrected chi connectivity index (χ2v) is 8.42. The second-order valence-electron chi connectivity index (χ2n) is 6.62. The molecule has 0 aliphatic heterocycles. The summed E-state index contributed by atoms with van der Waals surface area (Å²) in [5.74, 6) is 0.478. The number of halogens is 1. The van der Waals surface area contributed by atoms with Gasteiger partial charge in [0.15, 0.2) is 11.4 Å². The molecule has 0 fully saturated rings. The van der Waals surface area contributed by atoms with E-state index in [0.717, 1.165) is 16.0 Å². The first-order valence-electron chi connectivity index (χ1n) is 9.00. The van der Waals surface area contributed by atoms with E-state index in [9.17, 15) is 4.79 Å². The van der Waals surface area contributed by atoms with E-state index in [-0.39, 0.29) is 5.91 Å². The molecule has 4 heterocycles. The van der Waals surface area contributed by atoms with Crippen LogP contribution in [-0.2, 0) is 13.6 Å². The first-order valence-corrected chi connectivity index (χ1v) is 10.2. The van der Waals surface area contributed by atoms with Gasteiger partial charge in [0.2, 0.25) is 0 Å². The molecule has 0 atom stereocenters. The molecule has 0 aliphatic rings. The summed E-state index contributed by atoms with van der Waals surface area (Å²) >= 11 is 7.52. The lowest BCUT2D eigenvalue weighted by atomic mass is 10.1. The van der Waals surface area contributed by atoms with Gasteiger partial charge in [-0.1, -0.05) is 17.7 Å². The quantitative estimate of drug-likeness (QED) is 0.403. The van der Waals surface area contributed by atoms with Crippen molar-refractivity contribution in [2.45, 2.75) is 13.5 Å². The van der Waals surface area contributed by atoms with Crippen LogP contribution in [0.5, 0.6) is 0 Å². The minimum Gasteiger partial charge on any atom is -0.463 e. The molecule has 6 nitrogen and oxygen atoms in total. The zero-order valence-corrected chi connectivity index (χ0v) is 17.6. The number of rotatable bonds is 6. The van der Waals surface area contributed by atoms with E-state index < -0.39 is 0 Å². The van der Waals surface area contributed by atoms with Crippen molar-refractivity contribution in [2.75, 3.05) is 6.54 Å². The lowest BCUT2D eigenvalue weighted by Crippen LogP contribution is -2.30. The number of aromatic nitrogens is 3. The van der Waals surface area contributed by atoms with Crippen LogP contribution in [0.15, 0.2) is 53.7 Å². The van der Waals surface area contributed by atoms with Crippen LogP contribution in [0.25, 0.3) is 22.5 Å². The highest BCUT2D eigenvalue weighted by Gasteiger charge is 2.24. The Morgan fingerprint density at radius 3 is 2.90 bits per heavy atom. The van der Waals surface area contributed by atoms with Crippen molar-refractivity contribution in [1.29, 1.82) is 0 Å². The smallest absolute Gasteiger partial charge is 0.255 e. The molecule has 0 aliphatic carbocycles. The zero-order valence-electron chi connectivity index (χ0n) is 16.1. The van der Waals surface area contributed by atoms with Gasteiger partial charge in [0.1, 0.15) is 5.69 Å². The minimum absolute atomic E-state index is 0.120. The van der Waals surface area contributed by atoms with Crippen molar-refractivity contribution in [2.24, 2.45) is 7.05 Å². The summed E-state index contributed by atoms with van der Waals surface area (Å²) < 4.78 is 7.89. The molecule has 0 radical (unpaired) electrons. The summed E-state index contributed by atoms with van der Waals surface area (Å²) in [6.45, 7) is 6.54. The van der Waals surface area contributed by atoms with E-state index in [1.54, 1.807) is 34.1 Å². The van der Waals surface area contributed by atoms with E-state index in [1.807, 2.05) is 32.2 Å². The van der Waals surface area contributed by atoms with Crippen LogP contribution < -0.4 is 0 Å². The number of furan rings is 1. The van der Waals surface area contributed by atoms with Crippen molar-refractivity contribution < 1.29 is 9.21 Å². The van der Waals surface area contributed by atoms with Crippen molar-refractivity contribution in [1.82, 2.24) is 19.7 Å². The Hall–Kier alpha value is -2.90. The zero-order chi connectivity index (χ0) is 20.5. The number of aryl methyl sites for hydroxylation is 2. The number of pyridine rings is 1. The summed E-state index contributed by atoms with van der Waals surface area (Å²) in [5, 5.41) is 5.21. The molecular formula is C21H19ClN4O2S. The van der Waals surface area contributed by atoms with Crippen LogP contribution >= 0.6 is 22.9 Å². The van der Waals surface area contributed by atoms with Gasteiger partial charge in [-0.25, -0.2) is 4.98 Å². The van der Waals surface area contributed by atoms with Crippen molar-refractivity contribution in [3.63, 3.8) is 0 Å². The fourth-order valence-corrected chi connectivity index (χ4v) is 4.44. The number of hydrogen-bond acceptors (Lipinski definition) is 5. The number of carbonyl (C=O) groups excluding carboxylic acids is 1. The van der Waals surface area contributed by atoms with Crippen LogP contribution in [0, 0.1) is 6.92 Å². The maximum Gasteiger partial charge on any atom is 0.255 e. The maximum atomic E-state index is 13.6. The molecule has 0 unspecified atom stereocenters. The van der Waals surface area contributed by atoms with Gasteiger partial charge in [0, 0.05) is 18.5 Å². The topological polar surface area (TPSA) is 64.2 Å². The average molecular weight is 427 g/mol. The average Bonchev–Trinajstić information content (AvgIpc) is 3.42. The molecule has 4 aromatic rings. The first kappa shape index (κ1) is 19.4. The number of amides is 1. The Morgan fingerprint density at radius 1 is 1.41 bits per heavy atom. The standard InChI is InChI=1S/C21H19ClN4O2S/c1-4-9-26(12-14-7-8-18(22)29-14)21(27)15-11-16(17-6-5-10-28-17)23-20-19(15)13(2)24-25(20)3/h4-8,10-11H,1,9,12H2,2-3H3. The van der Waals surface area contributed by atoms with Gasteiger partial charge in [0.25, 0.3) is 5.91 Å². The van der Waals surface area contributed by atoms with Crippen LogP contribution in [0.4, 0.5) is 0 Å². The Morgan fingerprint density at radius 2 is 2.24 bits per heavy atom. The molecule has 0 N–H and O–H groups in total. The molecule has 0 saturated heterocycles. The first-order chi connectivity index (χ1) is 14.0. The van der Waals surface area contributed by atoms with E-state index in [2.05, 4.69) is 16.7 Å². The summed E-state index contributed by atoms with van der Waals surface area (Å²) in [5.41, 5.74) is 2.52. The van der Waals surface area contributed by atoms with Gasteiger partial charge in [-0.15, -0.1) is 17.9 Å². The summed E-state index contributed by atoms with van der Waals surface area (Å²) in [6, 6.07) is 9.16. The molecule has 0 saturated carbocycles. The minimum atomic E-state index is -0.120. The summed E-state index contributed by atoms with van der Waals surface area (Å²) in [7, 11) is 1.82. The predicted molar refractivity (Wildman–Crippen MR) is 115 cm³/mol. The largest absolute Gasteiger partial charge is 0.463 e. The highest BCUT2D eigenvalue weighted by molar-refractivity contribution is 7.16. The second kappa shape index (κ2) is 7.85. The normalized spacial score (nSPS) is 11.1. The van der Waals surface area contributed by atoms with Gasteiger partial charge in [-0.05, 0) is 37.3 Å². The van der Waals surface area contributed by atoms with Crippen LogP contribution in [0.2, 0.25) is 4.34 Å². The van der Waals surface area contributed by atoms with Gasteiger partial charge in [-0.3, -0.25) is 9.48 Å². The third-order valence-electron chi connectivity index (χ3n) is 4.58. The van der Waals surface area contributed by atoms with Crippen LogP contribution in [0.3, 0.4) is 0 Å². The number of fused-ring (bicyclic) bond motifs is 1. The van der Waals surface area contributed by atoms with Gasteiger partial charge >= 0.3 is 0 Å². The van der Waals surface area contributed by atoms with Crippen molar-refractivity contribution in [3.8, 4) is 11.5 Å². The van der Waals surface area contributed by atoms with Gasteiger partial charge in [-0.2, -0.15) is 5.10 Å². The Balaban J connectivity index is 1.83. The Bertz CT molecular complexity index is 1190. The lowest BCUT2D eigenvalue weighted by Gasteiger charge is -2.21. The fraction of sp³-hybridized carbons (Fsp3) is 0.190. The molecule has 8 heteroatoms. The van der Waals surface area contributed by atoms with Gasteiger partial charge in [0.05, 0.1) is 33.8 Å². The molecule has 148 valence electrons. The Kier molecular flexibility index (Phi) is 5.25. The van der Waals surface area contributed by atoms with E-state index in [4.69, 9.17) is 16.0 Å². The SMILES string of the molecule is C=CCN(Cc1ccc(Cl)s1)C(=O)c1cc(-c2ccco2)nc2c1c(C)nn2C. The highest BCUT2D eigenvalue weighted by atomic mass is 35.5. The van der Waals surface area contributed by atoms with E-state index in [1.165, 1.54) is 11.3 Å². The van der Waals surface area contributed by atoms with E-state index in [0.29, 0.717) is 40.1 Å². The van der Waals surface area contributed by atoms with Crippen LogP contribution in [0.1, 0.15) is 20.9 Å². The number of carbonyl (C=O) groups is 1. The molecule has 1 amide bonds. The third-order valence-corrected chi connectivity index (χ3v) is 5.80. The number of hydrogen-bond donors (Lipinski definition) is 0. The highest BCUT2D eigenvalue weighted by Crippen LogP contribution is 2.29. The van der Waals surface area contributed by atoms with Crippen molar-refractivity contribution in [3.05, 3.63) is 69.7 Å². The number of nitrogens with zero attached hydrogens (tertiary/aromatic N) is 4. The van der Waals surface area contributed by atoms with E-state index >= 15 is 0 Å². The summed E-state index contributed by atoms with van der Waals surface area (Å²) in [4.78, 5) is 21.0. The molecule has 4 aromatic heterocycles. The summed E-state index contributed by atoms with van der Waals surface area (Å²) in [6.07, 6.45) is 3.30. The monoisotopic (exact) mass is 426 g/mol. The Labute approximate surface area is 177 Å². The van der Waals surface area contributed by atoms with Crippen LogP contribution in [-0.4, -0.2) is 32.1 Å². The molecule has 29 heavy (non-hydrogen) atoms. The lowest BCUT2D eigenvalue weighted by molar-refractivity contribution is 0.0766. The molecule has 0 spiro atoms. The molecule has 0 aromatic carbocycles. The molecule has 0 bridgehead atoms. The fourth-order valence-electron chi connectivity index (χ4n) is 3.33. The third kappa shape index (κ3) is 3.71. The number of thiophene rings is 1. The van der Waals surface area contributed by atoms with Crippen molar-refractivity contribution >= 4 is 39.9 Å². The van der Waals surface area contributed by atoms with Gasteiger partial charge < -0.3 is 9.32 Å².